The zero-order valence-corrected chi connectivity index (χ0v) is 13.8. The van der Waals surface area contributed by atoms with Crippen LogP contribution in [-0.4, -0.2) is 40.8 Å². The normalized spacial score (nSPS) is 21.6. The second kappa shape index (κ2) is 6.89. The van der Waals surface area contributed by atoms with Gasteiger partial charge in [0.1, 0.15) is 5.75 Å². The molecule has 1 saturated heterocycles. The molecule has 0 saturated carbocycles. The monoisotopic (exact) mass is 320 g/mol. The molecule has 2 rings (SSSR count). The second-order valence-corrected chi connectivity index (χ2v) is 6.93. The molecule has 2 amide bonds. The Labute approximate surface area is 136 Å². The number of carboxylic acid groups (broad SMARTS) is 1. The minimum atomic E-state index is -0.907. The molecule has 1 aromatic rings. The van der Waals surface area contributed by atoms with E-state index in [0.717, 1.165) is 0 Å². The number of nitrogens with zero attached hydrogens (tertiary/aromatic N) is 1. The molecule has 0 aliphatic carbocycles. The van der Waals surface area contributed by atoms with E-state index in [1.165, 1.54) is 4.90 Å². The van der Waals surface area contributed by atoms with Crippen LogP contribution in [0.1, 0.15) is 33.6 Å². The molecule has 0 radical (unpaired) electrons. The first-order chi connectivity index (χ1) is 10.8. The minimum Gasteiger partial charge on any atom is -0.465 e. The molecule has 0 spiro atoms. The highest BCUT2D eigenvalue weighted by Gasteiger charge is 2.39. The summed E-state index contributed by atoms with van der Waals surface area (Å²) in [6, 6.07) is 8.63. The zero-order chi connectivity index (χ0) is 17.0. The van der Waals surface area contributed by atoms with E-state index in [4.69, 9.17) is 4.74 Å². The lowest BCUT2D eigenvalue weighted by Crippen LogP contribution is -2.56. The number of ether oxygens (including phenoxy) is 1. The topological polar surface area (TPSA) is 78.9 Å². The molecular formula is C17H24N2O4. The van der Waals surface area contributed by atoms with Gasteiger partial charge in [-0.3, -0.25) is 0 Å². The van der Waals surface area contributed by atoms with E-state index in [0.29, 0.717) is 25.1 Å². The molecule has 2 N–H and O–H groups in total. The summed E-state index contributed by atoms with van der Waals surface area (Å²) in [4.78, 5) is 24.9. The molecule has 1 aliphatic rings. The lowest BCUT2D eigenvalue weighted by Gasteiger charge is -2.44. The number of nitrogens with one attached hydrogen (secondary N) is 1. The fourth-order valence-corrected chi connectivity index (χ4v) is 2.94. The molecule has 0 aromatic heterocycles. The predicted octanol–water partition coefficient (Wildman–Crippen LogP) is 3.33. The summed E-state index contributed by atoms with van der Waals surface area (Å²) in [6.07, 6.45) is -0.240. The summed E-state index contributed by atoms with van der Waals surface area (Å²) in [5.74, 6) is 0.486. The summed E-state index contributed by atoms with van der Waals surface area (Å²) in [7, 11) is 0. The largest absolute Gasteiger partial charge is 0.465 e. The van der Waals surface area contributed by atoms with E-state index >= 15 is 0 Å². The van der Waals surface area contributed by atoms with Crippen LogP contribution in [0.2, 0.25) is 0 Å². The van der Waals surface area contributed by atoms with Crippen LogP contribution in [0.15, 0.2) is 30.3 Å². The smallest absolute Gasteiger partial charge is 0.412 e. The van der Waals surface area contributed by atoms with Crippen LogP contribution in [0.25, 0.3) is 0 Å². The highest BCUT2D eigenvalue weighted by Crippen LogP contribution is 2.32. The first kappa shape index (κ1) is 17.1. The van der Waals surface area contributed by atoms with Crippen LogP contribution in [0.5, 0.6) is 5.75 Å². The predicted molar refractivity (Wildman–Crippen MR) is 86.6 cm³/mol. The Kier molecular flexibility index (Phi) is 5.13. The highest BCUT2D eigenvalue weighted by atomic mass is 16.6. The minimum absolute atomic E-state index is 0.0916. The van der Waals surface area contributed by atoms with Crippen molar-refractivity contribution < 1.29 is 19.4 Å². The molecule has 6 heteroatoms. The number of piperidine rings is 1. The number of amides is 2. The van der Waals surface area contributed by atoms with E-state index in [1.54, 1.807) is 24.3 Å². The SMILES string of the molecule is CC(C)(C)C1CC(NC(=O)Oc2ccccc2)CCN1C(=O)O. The van der Waals surface area contributed by atoms with Crippen molar-refractivity contribution in [3.63, 3.8) is 0 Å². The number of rotatable bonds is 2. The van der Waals surface area contributed by atoms with Crippen molar-refractivity contribution in [2.24, 2.45) is 5.41 Å². The zero-order valence-electron chi connectivity index (χ0n) is 13.8. The Morgan fingerprint density at radius 2 is 1.91 bits per heavy atom. The van der Waals surface area contributed by atoms with Gasteiger partial charge in [0.25, 0.3) is 0 Å². The summed E-state index contributed by atoms with van der Waals surface area (Å²) >= 11 is 0. The summed E-state index contributed by atoms with van der Waals surface area (Å²) < 4.78 is 5.23. The molecule has 2 unspecified atom stereocenters. The molecular weight excluding hydrogens is 296 g/mol. The lowest BCUT2D eigenvalue weighted by atomic mass is 9.79. The van der Waals surface area contributed by atoms with Crippen molar-refractivity contribution in [3.8, 4) is 5.75 Å². The van der Waals surface area contributed by atoms with Crippen molar-refractivity contribution in [2.45, 2.75) is 45.7 Å². The number of para-hydroxylation sites is 1. The fraction of sp³-hybridized carbons (Fsp3) is 0.529. The van der Waals surface area contributed by atoms with Gasteiger partial charge in [0.05, 0.1) is 0 Å². The molecule has 1 heterocycles. The summed E-state index contributed by atoms with van der Waals surface area (Å²) in [6.45, 7) is 6.45. The number of benzene rings is 1. The van der Waals surface area contributed by atoms with Crippen molar-refractivity contribution in [3.05, 3.63) is 30.3 Å². The molecule has 1 aliphatic heterocycles. The third kappa shape index (κ3) is 4.61. The third-order valence-electron chi connectivity index (χ3n) is 4.12. The molecule has 1 fully saturated rings. The van der Waals surface area contributed by atoms with Gasteiger partial charge >= 0.3 is 12.2 Å². The van der Waals surface area contributed by atoms with Gasteiger partial charge in [0.15, 0.2) is 0 Å². The molecule has 23 heavy (non-hydrogen) atoms. The van der Waals surface area contributed by atoms with E-state index in [-0.39, 0.29) is 17.5 Å². The molecule has 6 nitrogen and oxygen atoms in total. The average molecular weight is 320 g/mol. The average Bonchev–Trinajstić information content (AvgIpc) is 2.47. The Morgan fingerprint density at radius 1 is 1.26 bits per heavy atom. The van der Waals surface area contributed by atoms with Crippen molar-refractivity contribution >= 4 is 12.2 Å². The van der Waals surface area contributed by atoms with Crippen LogP contribution in [0.3, 0.4) is 0 Å². The van der Waals surface area contributed by atoms with Crippen LogP contribution in [-0.2, 0) is 0 Å². The van der Waals surface area contributed by atoms with Gasteiger partial charge in [-0.05, 0) is 30.4 Å². The summed E-state index contributed by atoms with van der Waals surface area (Å²) in [5.41, 5.74) is -0.192. The van der Waals surface area contributed by atoms with Gasteiger partial charge in [0, 0.05) is 18.6 Å². The Morgan fingerprint density at radius 3 is 2.48 bits per heavy atom. The van der Waals surface area contributed by atoms with Crippen LogP contribution in [0.4, 0.5) is 9.59 Å². The fourth-order valence-electron chi connectivity index (χ4n) is 2.94. The Bertz CT molecular complexity index is 553. The maximum absolute atomic E-state index is 12.0. The first-order valence-corrected chi connectivity index (χ1v) is 7.80. The standard InChI is InChI=1S/C17H24N2O4/c1-17(2,3)14-11-12(9-10-19(14)16(21)22)18-15(20)23-13-7-5-4-6-8-13/h4-8,12,14H,9-11H2,1-3H3,(H,18,20)(H,21,22). The van der Waals surface area contributed by atoms with Crippen LogP contribution < -0.4 is 10.1 Å². The number of carbonyl (C=O) groups excluding carboxylic acids is 1. The van der Waals surface area contributed by atoms with Crippen molar-refractivity contribution in [2.75, 3.05) is 6.54 Å². The quantitative estimate of drug-likeness (QED) is 0.876. The number of carbonyl (C=O) groups is 2. The Hall–Kier alpha value is -2.24. The van der Waals surface area contributed by atoms with Crippen molar-refractivity contribution in [1.82, 2.24) is 10.2 Å². The summed E-state index contributed by atoms with van der Waals surface area (Å²) in [5, 5.41) is 12.2. The number of likely N-dealkylation sites (tertiary alicyclic amines) is 1. The van der Waals surface area contributed by atoms with Gasteiger partial charge in [0.2, 0.25) is 0 Å². The number of hydrogen-bond donors (Lipinski definition) is 2. The van der Waals surface area contributed by atoms with E-state index in [9.17, 15) is 14.7 Å². The second-order valence-electron chi connectivity index (χ2n) is 6.93. The third-order valence-corrected chi connectivity index (χ3v) is 4.12. The van der Waals surface area contributed by atoms with E-state index < -0.39 is 12.2 Å². The van der Waals surface area contributed by atoms with Gasteiger partial charge in [-0.25, -0.2) is 9.59 Å². The number of hydrogen-bond acceptors (Lipinski definition) is 3. The van der Waals surface area contributed by atoms with Gasteiger partial charge in [-0.2, -0.15) is 0 Å². The van der Waals surface area contributed by atoms with E-state index in [1.807, 2.05) is 26.8 Å². The molecule has 2 atom stereocenters. The van der Waals surface area contributed by atoms with Gasteiger partial charge in [-0.1, -0.05) is 39.0 Å². The van der Waals surface area contributed by atoms with Crippen LogP contribution >= 0.6 is 0 Å². The van der Waals surface area contributed by atoms with Crippen molar-refractivity contribution in [1.29, 1.82) is 0 Å². The van der Waals surface area contributed by atoms with Gasteiger partial charge in [-0.15, -0.1) is 0 Å². The van der Waals surface area contributed by atoms with Crippen LogP contribution in [0, 0.1) is 5.41 Å². The maximum Gasteiger partial charge on any atom is 0.412 e. The first-order valence-electron chi connectivity index (χ1n) is 7.80. The lowest BCUT2D eigenvalue weighted by molar-refractivity contribution is 0.0488. The molecule has 1 aromatic carbocycles. The molecule has 126 valence electrons. The molecule has 0 bridgehead atoms. The Balaban J connectivity index is 1.96. The highest BCUT2D eigenvalue weighted by molar-refractivity contribution is 5.71. The van der Waals surface area contributed by atoms with E-state index in [2.05, 4.69) is 5.32 Å². The van der Waals surface area contributed by atoms with Gasteiger partial charge < -0.3 is 20.1 Å². The maximum atomic E-state index is 12.0.